The number of hydrogen-bond acceptors (Lipinski definition) is 10. The second-order valence-electron chi connectivity index (χ2n) is 12.4. The van der Waals surface area contributed by atoms with Crippen molar-refractivity contribution < 1.29 is 13.9 Å². The van der Waals surface area contributed by atoms with Gasteiger partial charge in [0.1, 0.15) is 11.0 Å². The lowest BCUT2D eigenvalue weighted by Crippen LogP contribution is -2.41. The number of aryl methyl sites for hydroxylation is 1. The molecular formula is C35H41ClFN11O2. The lowest BCUT2D eigenvalue weighted by atomic mass is 10.0. The van der Waals surface area contributed by atoms with Gasteiger partial charge in [-0.3, -0.25) is 9.98 Å². The predicted molar refractivity (Wildman–Crippen MR) is 194 cm³/mol. The second kappa shape index (κ2) is 15.7. The third kappa shape index (κ3) is 8.58. The summed E-state index contributed by atoms with van der Waals surface area (Å²) in [6.07, 6.45) is 7.04. The Hall–Kier alpha value is -5.02. The number of aromatic amines is 1. The van der Waals surface area contributed by atoms with Crippen LogP contribution in [0.1, 0.15) is 37.3 Å². The maximum Gasteiger partial charge on any atom is 0.295 e. The number of H-pyrrole nitrogens is 1. The number of halogens is 2. The first kappa shape index (κ1) is 34.8. The van der Waals surface area contributed by atoms with Crippen molar-refractivity contribution in [3.05, 3.63) is 93.6 Å². The molecule has 262 valence electrons. The average Bonchev–Trinajstić information content (AvgIpc) is 3.70. The molecule has 10 N–H and O–H groups in total. The van der Waals surface area contributed by atoms with E-state index in [4.69, 9.17) is 33.2 Å². The summed E-state index contributed by atoms with van der Waals surface area (Å²) in [4.78, 5) is 21.9. The van der Waals surface area contributed by atoms with Gasteiger partial charge in [0.15, 0.2) is 17.4 Å². The summed E-state index contributed by atoms with van der Waals surface area (Å²) in [5.74, 6) is -0.472. The van der Waals surface area contributed by atoms with Crippen molar-refractivity contribution in [3.63, 3.8) is 0 Å². The van der Waals surface area contributed by atoms with E-state index < -0.39 is 12.2 Å². The number of benzene rings is 2. The minimum Gasteiger partial charge on any atom is -0.423 e. The van der Waals surface area contributed by atoms with Crippen LogP contribution in [-0.4, -0.2) is 57.5 Å². The van der Waals surface area contributed by atoms with Crippen molar-refractivity contribution in [2.24, 2.45) is 27.2 Å². The molecule has 0 radical (unpaired) electrons. The van der Waals surface area contributed by atoms with Gasteiger partial charge in [0, 0.05) is 66.7 Å². The number of nitrogens with one attached hydrogen (secondary N) is 3. The molecular weight excluding hydrogens is 661 g/mol. The van der Waals surface area contributed by atoms with Gasteiger partial charge in [0.05, 0.1) is 16.9 Å². The summed E-state index contributed by atoms with van der Waals surface area (Å²) in [6, 6.07) is 15.3. The molecule has 4 heterocycles. The molecule has 3 atom stereocenters. The maximum atomic E-state index is 15.2. The Morgan fingerprint density at radius 1 is 1.16 bits per heavy atom. The molecule has 1 aliphatic rings. The number of aliphatic hydroxyl groups excluding tert-OH is 1. The quantitative estimate of drug-likeness (QED) is 0.0628. The number of aromatic nitrogens is 3. The minimum atomic E-state index is -1.18. The van der Waals surface area contributed by atoms with Crippen LogP contribution in [-0.2, 0) is 13.0 Å². The number of aliphatic imine (C=N–C) groups is 1. The van der Waals surface area contributed by atoms with E-state index in [1.54, 1.807) is 41.7 Å². The largest absolute Gasteiger partial charge is 0.423 e. The van der Waals surface area contributed by atoms with E-state index >= 15 is 4.39 Å². The van der Waals surface area contributed by atoms with Crippen molar-refractivity contribution in [3.8, 4) is 11.3 Å². The molecule has 13 nitrogen and oxygen atoms in total. The standard InChI is InChI=1S/C35H41ClFN11O2/c1-20(38)3-2-4-22-13-26(31(37)27(36)14-22)28-15-23-19-48(35(49)47-32(23)45-28)25-7-5-21(6-8-25)16-43-24(9-12-42-33(39)40)17-44-34-46-29-18-41-11-10-30(29)50-34/h5-8,10-11,13-15,18-20,24,35,43,49H,2-4,9,12,16-17,38H2,1H3,(H,44,46)(H,45,47)(H4,39,40,42)/t20-,24+,35?/m0/s1. The number of anilines is 2. The van der Waals surface area contributed by atoms with Gasteiger partial charge in [-0.05, 0) is 74.1 Å². The van der Waals surface area contributed by atoms with E-state index in [0.717, 1.165) is 36.1 Å². The van der Waals surface area contributed by atoms with Crippen molar-refractivity contribution in [1.82, 2.24) is 20.3 Å². The number of oxazole rings is 1. The van der Waals surface area contributed by atoms with Crippen molar-refractivity contribution in [2.75, 3.05) is 23.3 Å². The SMILES string of the molecule is C[C@H](N)CCCc1cc(Cl)c(F)c(-c2cc3c([nH]2)=NC(O)N(c2ccc(CN[C@H](CCN=C(N)N)CNc4nc5cnccc5o4)cc2)C=3)c1. The number of pyridine rings is 1. The summed E-state index contributed by atoms with van der Waals surface area (Å²) in [5.41, 5.74) is 22.3. The van der Waals surface area contributed by atoms with E-state index in [-0.39, 0.29) is 23.1 Å². The van der Waals surface area contributed by atoms with E-state index in [2.05, 4.69) is 35.6 Å². The Labute approximate surface area is 293 Å². The monoisotopic (exact) mass is 701 g/mol. The Kier molecular flexibility index (Phi) is 10.9. The van der Waals surface area contributed by atoms with Crippen LogP contribution in [0, 0.1) is 5.82 Å². The fraction of sp³-hybridized carbons (Fsp3) is 0.314. The summed E-state index contributed by atoms with van der Waals surface area (Å²) in [6.45, 7) is 3.50. The topological polar surface area (TPSA) is 205 Å². The van der Waals surface area contributed by atoms with Crippen LogP contribution in [0.25, 0.3) is 28.6 Å². The van der Waals surface area contributed by atoms with Gasteiger partial charge in [0.2, 0.25) is 6.35 Å². The first-order valence-electron chi connectivity index (χ1n) is 16.4. The Balaban J connectivity index is 1.13. The highest BCUT2D eigenvalue weighted by atomic mass is 35.5. The zero-order valence-corrected chi connectivity index (χ0v) is 28.4. The van der Waals surface area contributed by atoms with E-state index in [0.29, 0.717) is 65.1 Å². The highest BCUT2D eigenvalue weighted by molar-refractivity contribution is 6.31. The van der Waals surface area contributed by atoms with E-state index in [9.17, 15) is 5.11 Å². The lowest BCUT2D eigenvalue weighted by Gasteiger charge is -2.25. The van der Waals surface area contributed by atoms with Crippen LogP contribution < -0.4 is 43.4 Å². The fourth-order valence-electron chi connectivity index (χ4n) is 5.77. The molecule has 0 fully saturated rings. The molecule has 0 amide bonds. The van der Waals surface area contributed by atoms with Gasteiger partial charge in [-0.1, -0.05) is 23.7 Å². The summed E-state index contributed by atoms with van der Waals surface area (Å²) < 4.78 is 21.0. The Bertz CT molecular complexity index is 2040. The normalized spacial score (nSPS) is 15.2. The van der Waals surface area contributed by atoms with Crippen LogP contribution in [0.15, 0.2) is 75.3 Å². The third-order valence-corrected chi connectivity index (χ3v) is 8.67. The Morgan fingerprint density at radius 2 is 1.98 bits per heavy atom. The summed E-state index contributed by atoms with van der Waals surface area (Å²) in [5, 5.41) is 18.5. The number of nitrogens with zero attached hydrogens (tertiary/aromatic N) is 5. The average molecular weight is 702 g/mol. The zero-order chi connectivity index (χ0) is 35.2. The first-order valence-corrected chi connectivity index (χ1v) is 16.8. The van der Waals surface area contributed by atoms with Crippen LogP contribution in [0.5, 0.6) is 0 Å². The van der Waals surface area contributed by atoms with Gasteiger partial charge in [-0.15, -0.1) is 0 Å². The molecule has 1 aliphatic heterocycles. The van der Waals surface area contributed by atoms with E-state index in [1.807, 2.05) is 37.3 Å². The molecule has 0 saturated carbocycles. The van der Waals surface area contributed by atoms with Crippen LogP contribution in [0.3, 0.4) is 0 Å². The maximum absolute atomic E-state index is 15.2. The number of fused-ring (bicyclic) bond motifs is 2. The molecule has 3 aromatic heterocycles. The first-order chi connectivity index (χ1) is 24.1. The number of rotatable bonds is 15. The van der Waals surface area contributed by atoms with Crippen LogP contribution in [0.2, 0.25) is 5.02 Å². The van der Waals surface area contributed by atoms with E-state index in [1.165, 1.54) is 0 Å². The highest BCUT2D eigenvalue weighted by Gasteiger charge is 2.20. The highest BCUT2D eigenvalue weighted by Crippen LogP contribution is 2.29. The number of hydrogen-bond donors (Lipinski definition) is 7. The molecule has 5 aromatic rings. The van der Waals surface area contributed by atoms with Gasteiger partial charge in [-0.25, -0.2) is 9.38 Å². The number of nitrogens with two attached hydrogens (primary N) is 3. The van der Waals surface area contributed by atoms with Gasteiger partial charge in [-0.2, -0.15) is 4.98 Å². The third-order valence-electron chi connectivity index (χ3n) is 8.39. The molecule has 15 heteroatoms. The van der Waals surface area contributed by atoms with Crippen LogP contribution in [0.4, 0.5) is 16.1 Å². The molecule has 0 saturated heterocycles. The smallest absolute Gasteiger partial charge is 0.295 e. The number of aliphatic hydroxyl groups is 1. The molecule has 2 aromatic carbocycles. The summed E-state index contributed by atoms with van der Waals surface area (Å²) >= 11 is 6.28. The molecule has 1 unspecified atom stereocenters. The minimum absolute atomic E-state index is 0.0155. The van der Waals surface area contributed by atoms with Gasteiger partial charge in [0.25, 0.3) is 6.01 Å². The molecule has 0 aliphatic carbocycles. The van der Waals surface area contributed by atoms with Crippen molar-refractivity contribution in [2.45, 2.75) is 57.6 Å². The zero-order valence-electron chi connectivity index (χ0n) is 27.6. The molecule has 50 heavy (non-hydrogen) atoms. The number of guanidine groups is 1. The van der Waals surface area contributed by atoms with Crippen LogP contribution >= 0.6 is 11.6 Å². The predicted octanol–water partition coefficient (Wildman–Crippen LogP) is 3.07. The molecule has 0 bridgehead atoms. The molecule has 6 rings (SSSR count). The molecule has 0 spiro atoms. The fourth-order valence-corrected chi connectivity index (χ4v) is 6.01. The second-order valence-corrected chi connectivity index (χ2v) is 12.8. The Morgan fingerprint density at radius 3 is 2.74 bits per heavy atom. The lowest BCUT2D eigenvalue weighted by molar-refractivity contribution is 0.186. The van der Waals surface area contributed by atoms with Crippen molar-refractivity contribution in [1.29, 1.82) is 0 Å². The van der Waals surface area contributed by atoms with Gasteiger partial charge >= 0.3 is 0 Å². The summed E-state index contributed by atoms with van der Waals surface area (Å²) in [7, 11) is 0. The van der Waals surface area contributed by atoms with Crippen molar-refractivity contribution >= 4 is 46.6 Å². The van der Waals surface area contributed by atoms with Gasteiger partial charge < -0.3 is 47.2 Å².